The molecule has 1 aliphatic heterocycles. The number of carboxylic acids is 1. The molecule has 16 heavy (non-hydrogen) atoms. The summed E-state index contributed by atoms with van der Waals surface area (Å²) in [6.07, 6.45) is 1.03. The zero-order valence-electron chi connectivity index (χ0n) is 9.62. The van der Waals surface area contributed by atoms with Gasteiger partial charge in [0.2, 0.25) is 0 Å². The first-order chi connectivity index (χ1) is 7.50. The number of carbonyl (C=O) groups is 1. The van der Waals surface area contributed by atoms with Crippen molar-refractivity contribution in [1.82, 2.24) is 0 Å². The Morgan fingerprint density at radius 1 is 1.50 bits per heavy atom. The van der Waals surface area contributed by atoms with E-state index >= 15 is 0 Å². The molecule has 86 valence electrons. The minimum atomic E-state index is -0.762. The highest BCUT2D eigenvalue weighted by Gasteiger charge is 2.29. The molecule has 0 saturated heterocycles. The summed E-state index contributed by atoms with van der Waals surface area (Å²) in [5.41, 5.74) is 1.93. The van der Waals surface area contributed by atoms with Gasteiger partial charge in [-0.2, -0.15) is 0 Å². The van der Waals surface area contributed by atoms with Crippen molar-refractivity contribution in [1.29, 1.82) is 0 Å². The molecular formula is C13H16O3. The number of fused-ring (bicyclic) bond motifs is 1. The highest BCUT2D eigenvalue weighted by Crippen LogP contribution is 2.37. The molecule has 0 saturated carbocycles. The zero-order chi connectivity index (χ0) is 11.8. The lowest BCUT2D eigenvalue weighted by atomic mass is 9.78. The summed E-state index contributed by atoms with van der Waals surface area (Å²) in [5.74, 6) is 0.150. The van der Waals surface area contributed by atoms with Crippen LogP contribution in [0.3, 0.4) is 0 Å². The highest BCUT2D eigenvalue weighted by molar-refractivity contribution is 5.69. The van der Waals surface area contributed by atoms with E-state index in [9.17, 15) is 4.79 Å². The molecule has 1 aromatic carbocycles. The Morgan fingerprint density at radius 3 is 2.94 bits per heavy atom. The van der Waals surface area contributed by atoms with Crippen LogP contribution in [0.2, 0.25) is 0 Å². The van der Waals surface area contributed by atoms with Crippen molar-refractivity contribution in [3.63, 3.8) is 0 Å². The third-order valence-corrected chi connectivity index (χ3v) is 3.06. The predicted octanol–water partition coefficient (Wildman–Crippen LogP) is 2.37. The maximum absolute atomic E-state index is 10.9. The number of benzene rings is 1. The molecule has 1 heterocycles. The number of rotatable bonds is 3. The van der Waals surface area contributed by atoms with Gasteiger partial charge in [0.25, 0.3) is 0 Å². The summed E-state index contributed by atoms with van der Waals surface area (Å²) in [6, 6.07) is 5.89. The Kier molecular flexibility index (Phi) is 2.62. The van der Waals surface area contributed by atoms with E-state index in [1.807, 2.05) is 32.0 Å². The van der Waals surface area contributed by atoms with Gasteiger partial charge in [0.1, 0.15) is 5.75 Å². The van der Waals surface area contributed by atoms with Crippen LogP contribution in [0.25, 0.3) is 0 Å². The van der Waals surface area contributed by atoms with Gasteiger partial charge >= 0.3 is 5.97 Å². The maximum atomic E-state index is 10.9. The summed E-state index contributed by atoms with van der Waals surface area (Å²) in [4.78, 5) is 10.9. The van der Waals surface area contributed by atoms with Crippen molar-refractivity contribution < 1.29 is 14.6 Å². The molecule has 0 bridgehead atoms. The van der Waals surface area contributed by atoms with Gasteiger partial charge in [-0.1, -0.05) is 26.0 Å². The van der Waals surface area contributed by atoms with Crippen LogP contribution in [0.4, 0.5) is 0 Å². The Labute approximate surface area is 95.0 Å². The lowest BCUT2D eigenvalue weighted by Gasteiger charge is -2.25. The van der Waals surface area contributed by atoms with Crippen LogP contribution in [-0.2, 0) is 16.6 Å². The molecule has 1 aliphatic rings. The Hall–Kier alpha value is -1.51. The summed E-state index contributed by atoms with van der Waals surface area (Å²) >= 11 is 0. The second-order valence-electron chi connectivity index (χ2n) is 4.84. The SMILES string of the molecule is CC(C)(CC(=O)O)c1cccc2c1CCO2. The van der Waals surface area contributed by atoms with Gasteiger partial charge < -0.3 is 9.84 Å². The zero-order valence-corrected chi connectivity index (χ0v) is 9.62. The van der Waals surface area contributed by atoms with Crippen LogP contribution in [0.1, 0.15) is 31.4 Å². The van der Waals surface area contributed by atoms with E-state index in [-0.39, 0.29) is 11.8 Å². The van der Waals surface area contributed by atoms with Gasteiger partial charge in [-0.05, 0) is 11.6 Å². The second kappa shape index (κ2) is 3.81. The normalized spacial score (nSPS) is 14.4. The standard InChI is InChI=1S/C13H16O3/c1-13(2,8-12(14)15)10-4-3-5-11-9(10)6-7-16-11/h3-5H,6-8H2,1-2H3,(H,14,15). The fourth-order valence-electron chi connectivity index (χ4n) is 2.33. The van der Waals surface area contributed by atoms with E-state index in [1.54, 1.807) is 0 Å². The van der Waals surface area contributed by atoms with Gasteiger partial charge in [0.05, 0.1) is 13.0 Å². The van der Waals surface area contributed by atoms with Crippen molar-refractivity contribution in [2.75, 3.05) is 6.61 Å². The first kappa shape index (κ1) is 11.0. The molecule has 3 nitrogen and oxygen atoms in total. The molecule has 3 heteroatoms. The van der Waals surface area contributed by atoms with Crippen molar-refractivity contribution in [2.24, 2.45) is 0 Å². The van der Waals surface area contributed by atoms with Crippen molar-refractivity contribution >= 4 is 5.97 Å². The van der Waals surface area contributed by atoms with Gasteiger partial charge in [-0.25, -0.2) is 0 Å². The smallest absolute Gasteiger partial charge is 0.304 e. The summed E-state index contributed by atoms with van der Waals surface area (Å²) in [5, 5.41) is 8.93. The average Bonchev–Trinajstić information content (AvgIpc) is 2.62. The van der Waals surface area contributed by atoms with E-state index in [1.165, 1.54) is 5.56 Å². The summed E-state index contributed by atoms with van der Waals surface area (Å²) in [7, 11) is 0. The van der Waals surface area contributed by atoms with Crippen molar-refractivity contribution in [2.45, 2.75) is 32.1 Å². The lowest BCUT2D eigenvalue weighted by molar-refractivity contribution is -0.138. The number of ether oxygens (including phenoxy) is 1. The molecule has 0 amide bonds. The monoisotopic (exact) mass is 220 g/mol. The second-order valence-corrected chi connectivity index (χ2v) is 4.84. The van der Waals surface area contributed by atoms with E-state index in [2.05, 4.69) is 0 Å². The van der Waals surface area contributed by atoms with E-state index in [4.69, 9.17) is 9.84 Å². The van der Waals surface area contributed by atoms with E-state index < -0.39 is 5.97 Å². The minimum absolute atomic E-state index is 0.142. The molecule has 1 N–H and O–H groups in total. The Morgan fingerprint density at radius 2 is 2.25 bits per heavy atom. The van der Waals surface area contributed by atoms with Crippen molar-refractivity contribution in [3.05, 3.63) is 29.3 Å². The summed E-state index contributed by atoms with van der Waals surface area (Å²) < 4.78 is 5.49. The molecule has 1 aromatic rings. The quantitative estimate of drug-likeness (QED) is 0.850. The van der Waals surface area contributed by atoms with Gasteiger partial charge in [-0.15, -0.1) is 0 Å². The fraction of sp³-hybridized carbons (Fsp3) is 0.462. The molecule has 0 unspecified atom stereocenters. The fourth-order valence-corrected chi connectivity index (χ4v) is 2.33. The van der Waals surface area contributed by atoms with E-state index in [0.717, 1.165) is 17.7 Å². The molecule has 0 atom stereocenters. The largest absolute Gasteiger partial charge is 0.493 e. The minimum Gasteiger partial charge on any atom is -0.493 e. The van der Waals surface area contributed by atoms with Gasteiger partial charge in [-0.3, -0.25) is 4.79 Å². The van der Waals surface area contributed by atoms with Crippen LogP contribution in [-0.4, -0.2) is 17.7 Å². The van der Waals surface area contributed by atoms with Crippen LogP contribution >= 0.6 is 0 Å². The van der Waals surface area contributed by atoms with E-state index in [0.29, 0.717) is 6.61 Å². The van der Waals surface area contributed by atoms with Crippen LogP contribution in [0.5, 0.6) is 5.75 Å². The molecule has 0 radical (unpaired) electrons. The van der Waals surface area contributed by atoms with Crippen LogP contribution in [0, 0.1) is 0 Å². The molecule has 0 spiro atoms. The Balaban J connectivity index is 2.40. The number of hydrogen-bond acceptors (Lipinski definition) is 2. The highest BCUT2D eigenvalue weighted by atomic mass is 16.5. The topological polar surface area (TPSA) is 46.5 Å². The predicted molar refractivity (Wildman–Crippen MR) is 60.9 cm³/mol. The van der Waals surface area contributed by atoms with Gasteiger partial charge in [0.15, 0.2) is 0 Å². The lowest BCUT2D eigenvalue weighted by Crippen LogP contribution is -2.23. The first-order valence-corrected chi connectivity index (χ1v) is 5.48. The molecule has 2 rings (SSSR count). The van der Waals surface area contributed by atoms with Gasteiger partial charge in [0, 0.05) is 17.4 Å². The van der Waals surface area contributed by atoms with Crippen LogP contribution in [0.15, 0.2) is 18.2 Å². The van der Waals surface area contributed by atoms with Crippen molar-refractivity contribution in [3.8, 4) is 5.75 Å². The molecule has 0 fully saturated rings. The maximum Gasteiger partial charge on any atom is 0.304 e. The summed E-state index contributed by atoms with van der Waals surface area (Å²) in [6.45, 7) is 4.64. The molecule has 0 aliphatic carbocycles. The molecule has 0 aromatic heterocycles. The van der Waals surface area contributed by atoms with Crippen LogP contribution < -0.4 is 4.74 Å². The Bertz CT molecular complexity index is 421. The third kappa shape index (κ3) is 1.90. The average molecular weight is 220 g/mol. The first-order valence-electron chi connectivity index (χ1n) is 5.48. The number of carboxylic acid groups (broad SMARTS) is 1. The number of aliphatic carboxylic acids is 1. The third-order valence-electron chi connectivity index (χ3n) is 3.06. The number of hydrogen-bond donors (Lipinski definition) is 1. The molecular weight excluding hydrogens is 204 g/mol.